The minimum Gasteiger partial charge on any atom is -0.493 e. The molecule has 0 saturated heterocycles. The summed E-state index contributed by atoms with van der Waals surface area (Å²) in [6.07, 6.45) is 0.594. The number of methoxy groups -OCH3 is 2. The molecule has 2 amide bonds. The van der Waals surface area contributed by atoms with Crippen molar-refractivity contribution in [1.29, 1.82) is 0 Å². The molecule has 2 rings (SSSR count). The fourth-order valence-corrected chi connectivity index (χ4v) is 3.08. The summed E-state index contributed by atoms with van der Waals surface area (Å²) in [5.41, 5.74) is 1.48. The highest BCUT2D eigenvalue weighted by atomic mass is 79.9. The van der Waals surface area contributed by atoms with E-state index >= 15 is 0 Å². The summed E-state index contributed by atoms with van der Waals surface area (Å²) in [6.45, 7) is 0.429. The zero-order chi connectivity index (χ0) is 18.4. The van der Waals surface area contributed by atoms with E-state index in [0.29, 0.717) is 44.7 Å². The summed E-state index contributed by atoms with van der Waals surface area (Å²) in [5.74, 6) is 1.09. The zero-order valence-electron chi connectivity index (χ0n) is 13.7. The van der Waals surface area contributed by atoms with Gasteiger partial charge in [-0.15, -0.1) is 0 Å². The highest BCUT2D eigenvalue weighted by Gasteiger charge is 2.12. The van der Waals surface area contributed by atoms with Crippen LogP contribution in [0.1, 0.15) is 5.56 Å². The number of hydrogen-bond donors (Lipinski definition) is 2. The molecule has 134 valence electrons. The van der Waals surface area contributed by atoms with Crippen molar-refractivity contribution in [3.05, 3.63) is 50.4 Å². The van der Waals surface area contributed by atoms with Gasteiger partial charge in [0.1, 0.15) is 0 Å². The molecule has 2 aromatic carbocycles. The molecule has 2 aromatic rings. The van der Waals surface area contributed by atoms with Crippen LogP contribution >= 0.6 is 39.1 Å². The maximum absolute atomic E-state index is 12.1. The Morgan fingerprint density at radius 1 is 1.12 bits per heavy atom. The van der Waals surface area contributed by atoms with Crippen LogP contribution < -0.4 is 20.1 Å². The SMILES string of the molecule is COc1cc(Br)c(NC(=O)NCCc2ccc(Cl)cc2Cl)cc1OC. The highest BCUT2D eigenvalue weighted by molar-refractivity contribution is 9.10. The fraction of sp³-hybridized carbons (Fsp3) is 0.235. The van der Waals surface area contributed by atoms with Gasteiger partial charge in [0.15, 0.2) is 11.5 Å². The average Bonchev–Trinajstić information content (AvgIpc) is 2.58. The molecule has 0 spiro atoms. The van der Waals surface area contributed by atoms with Crippen LogP contribution in [0, 0.1) is 0 Å². The van der Waals surface area contributed by atoms with Crippen LogP contribution in [0.5, 0.6) is 11.5 Å². The average molecular weight is 448 g/mol. The van der Waals surface area contributed by atoms with Crippen molar-refractivity contribution >= 4 is 50.9 Å². The van der Waals surface area contributed by atoms with Gasteiger partial charge in [-0.25, -0.2) is 4.79 Å². The lowest BCUT2D eigenvalue weighted by atomic mass is 10.1. The number of hydrogen-bond acceptors (Lipinski definition) is 3. The Bertz CT molecular complexity index is 772. The van der Waals surface area contributed by atoms with E-state index in [-0.39, 0.29) is 6.03 Å². The maximum atomic E-state index is 12.1. The predicted octanol–water partition coefficient (Wildman–Crippen LogP) is 5.14. The van der Waals surface area contributed by atoms with Gasteiger partial charge in [0, 0.05) is 33.2 Å². The number of benzene rings is 2. The largest absolute Gasteiger partial charge is 0.493 e. The normalized spacial score (nSPS) is 10.3. The number of halogens is 3. The molecule has 0 heterocycles. The first kappa shape index (κ1) is 19.7. The van der Waals surface area contributed by atoms with Crippen LogP contribution in [-0.2, 0) is 6.42 Å². The Labute approximate surface area is 164 Å². The maximum Gasteiger partial charge on any atom is 0.319 e. The Morgan fingerprint density at radius 2 is 1.80 bits per heavy atom. The van der Waals surface area contributed by atoms with Gasteiger partial charge >= 0.3 is 6.03 Å². The highest BCUT2D eigenvalue weighted by Crippen LogP contribution is 2.36. The molecule has 0 aliphatic rings. The van der Waals surface area contributed by atoms with Crippen molar-refractivity contribution in [2.24, 2.45) is 0 Å². The number of anilines is 1. The molecule has 0 fully saturated rings. The standard InChI is InChI=1S/C17H17BrCl2N2O3/c1-24-15-8-12(18)14(9-16(15)25-2)22-17(23)21-6-5-10-3-4-11(19)7-13(10)20/h3-4,7-9H,5-6H2,1-2H3,(H2,21,22,23). The number of ether oxygens (including phenoxy) is 2. The first-order valence-corrected chi connectivity index (χ1v) is 8.89. The second kappa shape index (κ2) is 9.17. The van der Waals surface area contributed by atoms with Gasteiger partial charge in [0.25, 0.3) is 0 Å². The Morgan fingerprint density at radius 3 is 2.44 bits per heavy atom. The molecule has 0 aliphatic carbocycles. The number of carbonyl (C=O) groups excluding carboxylic acids is 1. The third-order valence-electron chi connectivity index (χ3n) is 3.42. The number of carbonyl (C=O) groups is 1. The Balaban J connectivity index is 1.94. The van der Waals surface area contributed by atoms with Crippen LogP contribution in [0.3, 0.4) is 0 Å². The van der Waals surface area contributed by atoms with Crippen LogP contribution in [0.2, 0.25) is 10.0 Å². The molecule has 5 nitrogen and oxygen atoms in total. The summed E-state index contributed by atoms with van der Waals surface area (Å²) in [7, 11) is 3.08. The fourth-order valence-electron chi connectivity index (χ4n) is 2.15. The van der Waals surface area contributed by atoms with E-state index in [1.807, 2.05) is 6.07 Å². The summed E-state index contributed by atoms with van der Waals surface area (Å²) >= 11 is 15.4. The summed E-state index contributed by atoms with van der Waals surface area (Å²) in [6, 6.07) is 8.36. The molecular weight excluding hydrogens is 431 g/mol. The summed E-state index contributed by atoms with van der Waals surface area (Å²) in [4.78, 5) is 12.1. The van der Waals surface area contributed by atoms with Gasteiger partial charge in [-0.05, 0) is 40.0 Å². The van der Waals surface area contributed by atoms with Crippen LogP contribution in [0.15, 0.2) is 34.8 Å². The van der Waals surface area contributed by atoms with E-state index in [1.54, 1.807) is 31.4 Å². The second-order valence-electron chi connectivity index (χ2n) is 5.05. The van der Waals surface area contributed by atoms with Gasteiger partial charge in [-0.2, -0.15) is 0 Å². The number of amides is 2. The minimum absolute atomic E-state index is 0.335. The summed E-state index contributed by atoms with van der Waals surface area (Å²) < 4.78 is 11.1. The molecule has 0 saturated carbocycles. The van der Waals surface area contributed by atoms with Gasteiger partial charge in [0.2, 0.25) is 0 Å². The molecule has 2 N–H and O–H groups in total. The zero-order valence-corrected chi connectivity index (χ0v) is 16.8. The quantitative estimate of drug-likeness (QED) is 0.644. The van der Waals surface area contributed by atoms with Crippen molar-refractivity contribution in [2.75, 3.05) is 26.1 Å². The molecule has 0 aromatic heterocycles. The lowest BCUT2D eigenvalue weighted by molar-refractivity contribution is 0.252. The molecular formula is C17H17BrCl2N2O3. The Hall–Kier alpha value is -1.63. The monoisotopic (exact) mass is 446 g/mol. The third-order valence-corrected chi connectivity index (χ3v) is 4.66. The van der Waals surface area contributed by atoms with Crippen molar-refractivity contribution in [3.8, 4) is 11.5 Å². The van der Waals surface area contributed by atoms with E-state index in [9.17, 15) is 4.79 Å². The van der Waals surface area contributed by atoms with E-state index in [0.717, 1.165) is 5.56 Å². The molecule has 0 bridgehead atoms. The molecule has 25 heavy (non-hydrogen) atoms. The Kier molecular flexibility index (Phi) is 7.23. The smallest absolute Gasteiger partial charge is 0.319 e. The molecule has 0 radical (unpaired) electrons. The van der Waals surface area contributed by atoms with Gasteiger partial charge in [-0.1, -0.05) is 29.3 Å². The van der Waals surface area contributed by atoms with Gasteiger partial charge in [-0.3, -0.25) is 0 Å². The first-order chi connectivity index (χ1) is 11.9. The summed E-state index contributed by atoms with van der Waals surface area (Å²) in [5, 5.41) is 6.70. The number of nitrogens with one attached hydrogen (secondary N) is 2. The topological polar surface area (TPSA) is 59.6 Å². The number of urea groups is 1. The van der Waals surface area contributed by atoms with Gasteiger partial charge < -0.3 is 20.1 Å². The van der Waals surface area contributed by atoms with E-state index in [4.69, 9.17) is 32.7 Å². The van der Waals surface area contributed by atoms with E-state index < -0.39 is 0 Å². The predicted molar refractivity (Wildman–Crippen MR) is 104 cm³/mol. The second-order valence-corrected chi connectivity index (χ2v) is 6.75. The first-order valence-electron chi connectivity index (χ1n) is 7.35. The van der Waals surface area contributed by atoms with Gasteiger partial charge in [0.05, 0.1) is 19.9 Å². The number of rotatable bonds is 6. The van der Waals surface area contributed by atoms with E-state index in [1.165, 1.54) is 7.11 Å². The van der Waals surface area contributed by atoms with Crippen molar-refractivity contribution < 1.29 is 14.3 Å². The van der Waals surface area contributed by atoms with Crippen molar-refractivity contribution in [1.82, 2.24) is 5.32 Å². The van der Waals surface area contributed by atoms with Crippen molar-refractivity contribution in [2.45, 2.75) is 6.42 Å². The van der Waals surface area contributed by atoms with Crippen LogP contribution in [-0.4, -0.2) is 26.8 Å². The molecule has 0 atom stereocenters. The van der Waals surface area contributed by atoms with E-state index in [2.05, 4.69) is 26.6 Å². The lowest BCUT2D eigenvalue weighted by Crippen LogP contribution is -2.30. The van der Waals surface area contributed by atoms with Crippen LogP contribution in [0.25, 0.3) is 0 Å². The minimum atomic E-state index is -0.335. The molecule has 8 heteroatoms. The third kappa shape index (κ3) is 5.42. The molecule has 0 aliphatic heterocycles. The van der Waals surface area contributed by atoms with Crippen LogP contribution in [0.4, 0.5) is 10.5 Å². The molecule has 0 unspecified atom stereocenters. The lowest BCUT2D eigenvalue weighted by Gasteiger charge is -2.13. The van der Waals surface area contributed by atoms with Crippen molar-refractivity contribution in [3.63, 3.8) is 0 Å².